The average molecular weight is 399 g/mol. The van der Waals surface area contributed by atoms with Gasteiger partial charge in [0, 0.05) is 18.3 Å². The Balaban J connectivity index is 1.90. The lowest BCUT2D eigenvalue weighted by Gasteiger charge is -2.15. The molecule has 3 nitrogen and oxygen atoms in total. The highest BCUT2D eigenvalue weighted by Gasteiger charge is 2.40. The van der Waals surface area contributed by atoms with Gasteiger partial charge in [0.2, 0.25) is 0 Å². The number of carbonyl (C=O) groups is 2. The van der Waals surface area contributed by atoms with Gasteiger partial charge in [0.1, 0.15) is 5.78 Å². The predicted octanol–water partition coefficient (Wildman–Crippen LogP) is 6.93. The predicted molar refractivity (Wildman–Crippen MR) is 119 cm³/mol. The van der Waals surface area contributed by atoms with Gasteiger partial charge in [-0.1, -0.05) is 87.9 Å². The van der Waals surface area contributed by atoms with Crippen LogP contribution in [0, 0.1) is 11.8 Å². The zero-order valence-corrected chi connectivity index (χ0v) is 18.0. The number of hydrogen-bond acceptors (Lipinski definition) is 2. The van der Waals surface area contributed by atoms with Gasteiger partial charge in [-0.3, -0.25) is 9.59 Å². The Hall–Kier alpha value is -1.90. The molecule has 1 aliphatic rings. The number of carboxylic acids is 1. The molecule has 1 aromatic carbocycles. The number of ketones is 1. The Morgan fingerprint density at radius 2 is 1.76 bits per heavy atom. The van der Waals surface area contributed by atoms with Crippen LogP contribution in [0.5, 0.6) is 0 Å². The van der Waals surface area contributed by atoms with Crippen LogP contribution in [-0.4, -0.2) is 16.9 Å². The summed E-state index contributed by atoms with van der Waals surface area (Å²) in [5.74, 6) is 0.181. The van der Waals surface area contributed by atoms with Crippen molar-refractivity contribution >= 4 is 11.8 Å². The van der Waals surface area contributed by atoms with Crippen LogP contribution in [0.4, 0.5) is 0 Å². The summed E-state index contributed by atoms with van der Waals surface area (Å²) in [6, 6.07) is 10.2. The molecule has 0 bridgehead atoms. The van der Waals surface area contributed by atoms with Crippen LogP contribution in [0.25, 0.3) is 0 Å². The first kappa shape index (κ1) is 23.4. The maximum Gasteiger partial charge on any atom is 0.303 e. The van der Waals surface area contributed by atoms with Gasteiger partial charge in [0.05, 0.1) is 0 Å². The molecule has 1 N–H and O–H groups in total. The van der Waals surface area contributed by atoms with E-state index in [0.29, 0.717) is 11.7 Å². The summed E-state index contributed by atoms with van der Waals surface area (Å²) in [5, 5.41) is 8.75. The van der Waals surface area contributed by atoms with Crippen LogP contribution in [0.3, 0.4) is 0 Å². The maximum atomic E-state index is 13.2. The second-order valence-corrected chi connectivity index (χ2v) is 8.50. The minimum Gasteiger partial charge on any atom is -0.481 e. The van der Waals surface area contributed by atoms with Crippen LogP contribution < -0.4 is 0 Å². The third kappa shape index (κ3) is 8.16. The van der Waals surface area contributed by atoms with Gasteiger partial charge < -0.3 is 5.11 Å². The quantitative estimate of drug-likeness (QED) is 0.273. The van der Waals surface area contributed by atoms with Crippen LogP contribution in [0.15, 0.2) is 42.5 Å². The van der Waals surface area contributed by atoms with Crippen molar-refractivity contribution in [3.05, 3.63) is 48.0 Å². The number of unbranched alkanes of at least 4 members (excludes halogenated alkanes) is 7. The van der Waals surface area contributed by atoms with Gasteiger partial charge >= 0.3 is 5.97 Å². The fourth-order valence-corrected chi connectivity index (χ4v) is 4.53. The van der Waals surface area contributed by atoms with Crippen LogP contribution in [0.2, 0.25) is 0 Å². The zero-order chi connectivity index (χ0) is 20.9. The van der Waals surface area contributed by atoms with E-state index in [0.717, 1.165) is 50.5 Å². The molecule has 0 amide bonds. The van der Waals surface area contributed by atoms with E-state index in [1.165, 1.54) is 25.7 Å². The molecular weight excluding hydrogens is 360 g/mol. The number of carboxylic acid groups (broad SMARTS) is 1. The van der Waals surface area contributed by atoms with E-state index >= 15 is 0 Å². The highest BCUT2D eigenvalue weighted by Crippen LogP contribution is 2.42. The number of aliphatic carboxylic acids is 1. The summed E-state index contributed by atoms with van der Waals surface area (Å²) < 4.78 is 0. The van der Waals surface area contributed by atoms with E-state index < -0.39 is 5.97 Å². The first-order valence-corrected chi connectivity index (χ1v) is 11.6. The van der Waals surface area contributed by atoms with Gasteiger partial charge in [-0.25, -0.2) is 0 Å². The first-order chi connectivity index (χ1) is 14.1. The second kappa shape index (κ2) is 13.3. The van der Waals surface area contributed by atoms with E-state index in [1.807, 2.05) is 18.2 Å². The standard InChI is InChI=1S/C26H38O3/c1-2-3-4-5-6-10-17-22-20-24(21-15-11-9-12-16-21)26(29)23(22)18-13-7-8-14-19-25(27)28/h9-12,15-17,22-24H,2-8,13-14,18-20H2,1H3,(H,27,28)/t22-,23+,24-/m0/s1. The molecular formula is C26H38O3. The molecule has 0 spiro atoms. The van der Waals surface area contributed by atoms with Crippen molar-refractivity contribution in [1.29, 1.82) is 0 Å². The smallest absolute Gasteiger partial charge is 0.303 e. The van der Waals surface area contributed by atoms with Gasteiger partial charge in [-0.15, -0.1) is 0 Å². The van der Waals surface area contributed by atoms with Crippen molar-refractivity contribution in [2.24, 2.45) is 11.8 Å². The first-order valence-electron chi connectivity index (χ1n) is 11.6. The lowest BCUT2D eigenvalue weighted by atomic mass is 9.89. The molecule has 160 valence electrons. The molecule has 1 aromatic rings. The Labute approximate surface area is 176 Å². The molecule has 0 aromatic heterocycles. The maximum absolute atomic E-state index is 13.2. The fourth-order valence-electron chi connectivity index (χ4n) is 4.53. The normalized spacial score (nSPS) is 21.8. The number of allylic oxidation sites excluding steroid dienone is 2. The highest BCUT2D eigenvalue weighted by atomic mass is 16.4. The Kier molecular flexibility index (Phi) is 10.8. The van der Waals surface area contributed by atoms with Gasteiger partial charge in [-0.05, 0) is 43.6 Å². The van der Waals surface area contributed by atoms with E-state index in [-0.39, 0.29) is 18.3 Å². The van der Waals surface area contributed by atoms with E-state index in [2.05, 4.69) is 31.2 Å². The molecule has 1 aliphatic carbocycles. The lowest BCUT2D eigenvalue weighted by Crippen LogP contribution is -2.16. The molecule has 0 saturated heterocycles. The lowest BCUT2D eigenvalue weighted by molar-refractivity contribution is -0.137. The molecule has 3 atom stereocenters. The number of benzene rings is 1. The van der Waals surface area contributed by atoms with Crippen molar-refractivity contribution in [3.63, 3.8) is 0 Å². The monoisotopic (exact) mass is 398 g/mol. The molecule has 29 heavy (non-hydrogen) atoms. The molecule has 1 saturated carbocycles. The van der Waals surface area contributed by atoms with Crippen molar-refractivity contribution in [1.82, 2.24) is 0 Å². The van der Waals surface area contributed by atoms with Gasteiger partial charge in [-0.2, -0.15) is 0 Å². The number of carbonyl (C=O) groups excluding carboxylic acids is 1. The van der Waals surface area contributed by atoms with E-state index in [1.54, 1.807) is 0 Å². The van der Waals surface area contributed by atoms with Crippen molar-refractivity contribution in [2.45, 2.75) is 89.9 Å². The van der Waals surface area contributed by atoms with Gasteiger partial charge in [0.15, 0.2) is 0 Å². The number of hydrogen-bond donors (Lipinski definition) is 1. The molecule has 0 aliphatic heterocycles. The average Bonchev–Trinajstić information content (AvgIpc) is 3.03. The molecule has 0 heterocycles. The summed E-state index contributed by atoms with van der Waals surface area (Å²) in [6.45, 7) is 2.23. The van der Waals surface area contributed by atoms with Crippen molar-refractivity contribution < 1.29 is 14.7 Å². The van der Waals surface area contributed by atoms with Crippen LogP contribution in [-0.2, 0) is 9.59 Å². The largest absolute Gasteiger partial charge is 0.481 e. The van der Waals surface area contributed by atoms with Crippen molar-refractivity contribution in [2.75, 3.05) is 0 Å². The summed E-state index contributed by atoms with van der Waals surface area (Å²) in [6.07, 6.45) is 16.6. The second-order valence-electron chi connectivity index (χ2n) is 8.50. The fraction of sp³-hybridized carbons (Fsp3) is 0.615. The Bertz CT molecular complexity index is 635. The molecule has 2 rings (SSSR count). The summed E-state index contributed by atoms with van der Waals surface area (Å²) in [5.41, 5.74) is 1.16. The SMILES string of the molecule is CCCCCCC=C[C@H]1C[C@@H](c2ccccc2)C(=O)[C@@H]1CCCCCCC(=O)O. The molecule has 0 unspecified atom stereocenters. The molecule has 0 radical (unpaired) electrons. The van der Waals surface area contributed by atoms with E-state index in [9.17, 15) is 9.59 Å². The minimum absolute atomic E-state index is 0.0305. The third-order valence-corrected chi connectivity index (χ3v) is 6.20. The molecule has 1 fully saturated rings. The number of Topliss-reactive ketones (excluding diaryl/α,β-unsaturated/α-hetero) is 1. The topological polar surface area (TPSA) is 54.4 Å². The summed E-state index contributed by atoms with van der Waals surface area (Å²) in [4.78, 5) is 23.8. The zero-order valence-electron chi connectivity index (χ0n) is 18.0. The summed E-state index contributed by atoms with van der Waals surface area (Å²) in [7, 11) is 0. The molecule has 3 heteroatoms. The highest BCUT2D eigenvalue weighted by molar-refractivity contribution is 5.90. The van der Waals surface area contributed by atoms with Crippen LogP contribution in [0.1, 0.15) is 95.5 Å². The summed E-state index contributed by atoms with van der Waals surface area (Å²) >= 11 is 0. The minimum atomic E-state index is -0.717. The van der Waals surface area contributed by atoms with E-state index in [4.69, 9.17) is 5.11 Å². The van der Waals surface area contributed by atoms with Crippen LogP contribution >= 0.6 is 0 Å². The van der Waals surface area contributed by atoms with Crippen molar-refractivity contribution in [3.8, 4) is 0 Å². The third-order valence-electron chi connectivity index (χ3n) is 6.20. The Morgan fingerprint density at radius 1 is 1.03 bits per heavy atom. The van der Waals surface area contributed by atoms with Gasteiger partial charge in [0.25, 0.3) is 0 Å². The number of rotatable bonds is 14. The Morgan fingerprint density at radius 3 is 2.48 bits per heavy atom.